The van der Waals surface area contributed by atoms with Crippen molar-refractivity contribution in [2.24, 2.45) is 11.1 Å². The fourth-order valence-electron chi connectivity index (χ4n) is 2.82. The van der Waals surface area contributed by atoms with Crippen LogP contribution in [0.3, 0.4) is 0 Å². The van der Waals surface area contributed by atoms with E-state index in [4.69, 9.17) is 10.8 Å². The largest absolute Gasteiger partial charge is 0.481 e. The first-order valence-corrected chi connectivity index (χ1v) is 6.59. The monoisotopic (exact) mass is 270 g/mol. The number of carboxylic acid groups (broad SMARTS) is 1. The van der Waals surface area contributed by atoms with Gasteiger partial charge >= 0.3 is 5.97 Å². The number of hydrogen-bond donors (Lipinski definition) is 2. The van der Waals surface area contributed by atoms with Crippen LogP contribution in [0.25, 0.3) is 0 Å². The van der Waals surface area contributed by atoms with Crippen LogP contribution in [0, 0.1) is 5.41 Å². The molecule has 0 aromatic heterocycles. The van der Waals surface area contributed by atoms with Crippen molar-refractivity contribution in [2.75, 3.05) is 13.6 Å². The van der Waals surface area contributed by atoms with Crippen LogP contribution in [0.5, 0.6) is 0 Å². The minimum absolute atomic E-state index is 0.0170. The van der Waals surface area contributed by atoms with Gasteiger partial charge in [0, 0.05) is 13.5 Å². The zero-order valence-electron chi connectivity index (χ0n) is 11.4. The van der Waals surface area contributed by atoms with E-state index in [9.17, 15) is 14.4 Å². The van der Waals surface area contributed by atoms with Gasteiger partial charge in [-0.05, 0) is 18.3 Å². The second kappa shape index (κ2) is 6.54. The Morgan fingerprint density at radius 3 is 2.21 bits per heavy atom. The van der Waals surface area contributed by atoms with Crippen LogP contribution in [-0.2, 0) is 14.4 Å². The maximum Gasteiger partial charge on any atom is 0.303 e. The Hall–Kier alpha value is -1.59. The van der Waals surface area contributed by atoms with Crippen LogP contribution < -0.4 is 5.73 Å². The molecule has 1 aliphatic carbocycles. The SMILES string of the molecule is CN(CC(N)=O)C(=O)CC1(CC(=O)O)CCCCC1. The third-order valence-electron chi connectivity index (χ3n) is 3.79. The summed E-state index contributed by atoms with van der Waals surface area (Å²) in [5.74, 6) is -1.64. The van der Waals surface area contributed by atoms with E-state index in [0.29, 0.717) is 0 Å². The summed E-state index contributed by atoms with van der Waals surface area (Å²) in [7, 11) is 1.52. The van der Waals surface area contributed by atoms with Gasteiger partial charge in [0.25, 0.3) is 0 Å². The molecule has 108 valence electrons. The van der Waals surface area contributed by atoms with Crippen LogP contribution in [0.15, 0.2) is 0 Å². The first-order chi connectivity index (χ1) is 8.84. The molecule has 1 fully saturated rings. The molecular formula is C13H22N2O4. The summed E-state index contributed by atoms with van der Waals surface area (Å²) >= 11 is 0. The Kier molecular flexibility index (Phi) is 5.32. The minimum atomic E-state index is -0.868. The van der Waals surface area contributed by atoms with Gasteiger partial charge in [-0.15, -0.1) is 0 Å². The van der Waals surface area contributed by atoms with Crippen molar-refractivity contribution in [2.45, 2.75) is 44.9 Å². The van der Waals surface area contributed by atoms with Crippen LogP contribution in [0.4, 0.5) is 0 Å². The van der Waals surface area contributed by atoms with Crippen molar-refractivity contribution < 1.29 is 19.5 Å². The van der Waals surface area contributed by atoms with Crippen LogP contribution >= 0.6 is 0 Å². The van der Waals surface area contributed by atoms with E-state index in [2.05, 4.69) is 0 Å². The van der Waals surface area contributed by atoms with E-state index in [1.807, 2.05) is 0 Å². The minimum Gasteiger partial charge on any atom is -0.481 e. The van der Waals surface area contributed by atoms with Gasteiger partial charge in [0.2, 0.25) is 11.8 Å². The molecule has 3 N–H and O–H groups in total. The lowest BCUT2D eigenvalue weighted by Crippen LogP contribution is -2.39. The Balaban J connectivity index is 2.68. The first kappa shape index (κ1) is 15.5. The van der Waals surface area contributed by atoms with Gasteiger partial charge in [-0.25, -0.2) is 0 Å². The van der Waals surface area contributed by atoms with E-state index in [-0.39, 0.29) is 25.3 Å². The van der Waals surface area contributed by atoms with Crippen LogP contribution in [0.1, 0.15) is 44.9 Å². The number of aliphatic carboxylic acids is 1. The third kappa shape index (κ3) is 4.89. The molecule has 0 heterocycles. The molecule has 19 heavy (non-hydrogen) atoms. The summed E-state index contributed by atoms with van der Waals surface area (Å²) in [6, 6.07) is 0. The van der Waals surface area contributed by atoms with E-state index >= 15 is 0 Å². The van der Waals surface area contributed by atoms with Crippen molar-refractivity contribution in [1.82, 2.24) is 4.90 Å². The van der Waals surface area contributed by atoms with Gasteiger partial charge < -0.3 is 15.7 Å². The quantitative estimate of drug-likeness (QED) is 0.743. The number of carbonyl (C=O) groups is 3. The molecule has 0 bridgehead atoms. The number of carboxylic acids is 1. The molecule has 6 nitrogen and oxygen atoms in total. The highest BCUT2D eigenvalue weighted by molar-refractivity contribution is 5.84. The summed E-state index contributed by atoms with van der Waals surface area (Å²) in [6.45, 7) is -0.123. The van der Waals surface area contributed by atoms with Gasteiger partial charge in [-0.1, -0.05) is 19.3 Å². The summed E-state index contributed by atoms with van der Waals surface area (Å²) < 4.78 is 0. The normalized spacial score (nSPS) is 17.7. The number of primary amides is 1. The van der Waals surface area contributed by atoms with Crippen molar-refractivity contribution >= 4 is 17.8 Å². The summed E-state index contributed by atoms with van der Waals surface area (Å²) in [5, 5.41) is 9.03. The summed E-state index contributed by atoms with van der Waals surface area (Å²) in [5.41, 5.74) is 4.60. The lowest BCUT2D eigenvalue weighted by Gasteiger charge is -2.36. The number of nitrogens with two attached hydrogens (primary N) is 1. The molecule has 1 aliphatic rings. The number of carbonyl (C=O) groups excluding carboxylic acids is 2. The van der Waals surface area contributed by atoms with Gasteiger partial charge in [0.1, 0.15) is 0 Å². The number of amides is 2. The third-order valence-corrected chi connectivity index (χ3v) is 3.79. The summed E-state index contributed by atoms with van der Waals surface area (Å²) in [4.78, 5) is 35.1. The predicted molar refractivity (Wildman–Crippen MR) is 69.2 cm³/mol. The maximum atomic E-state index is 12.1. The molecule has 0 unspecified atom stereocenters. The molecular weight excluding hydrogens is 248 g/mol. The highest BCUT2D eigenvalue weighted by Crippen LogP contribution is 2.42. The van der Waals surface area contributed by atoms with E-state index in [1.54, 1.807) is 0 Å². The molecule has 0 saturated heterocycles. The van der Waals surface area contributed by atoms with E-state index < -0.39 is 17.3 Å². The highest BCUT2D eigenvalue weighted by Gasteiger charge is 2.37. The predicted octanol–water partition coefficient (Wildman–Crippen LogP) is 0.745. The number of nitrogens with zero attached hydrogens (tertiary/aromatic N) is 1. The summed E-state index contributed by atoms with van der Waals surface area (Å²) in [6.07, 6.45) is 4.73. The van der Waals surface area contributed by atoms with Crippen molar-refractivity contribution in [1.29, 1.82) is 0 Å². The van der Waals surface area contributed by atoms with E-state index in [1.165, 1.54) is 11.9 Å². The molecule has 1 saturated carbocycles. The molecule has 0 aromatic carbocycles. The Labute approximate surface area is 112 Å². The Morgan fingerprint density at radius 1 is 1.16 bits per heavy atom. The fraction of sp³-hybridized carbons (Fsp3) is 0.769. The Bertz CT molecular complexity index is 362. The molecule has 6 heteroatoms. The molecule has 0 aliphatic heterocycles. The number of likely N-dealkylation sites (N-methyl/N-ethyl adjacent to an activating group) is 1. The van der Waals surface area contributed by atoms with Crippen molar-refractivity contribution in [3.8, 4) is 0 Å². The number of hydrogen-bond acceptors (Lipinski definition) is 3. The smallest absolute Gasteiger partial charge is 0.303 e. The molecule has 0 aromatic rings. The first-order valence-electron chi connectivity index (χ1n) is 6.59. The lowest BCUT2D eigenvalue weighted by molar-refractivity contribution is -0.143. The van der Waals surface area contributed by atoms with Crippen molar-refractivity contribution in [3.05, 3.63) is 0 Å². The average Bonchev–Trinajstić information content (AvgIpc) is 2.27. The maximum absolute atomic E-state index is 12.1. The van der Waals surface area contributed by atoms with Crippen LogP contribution in [-0.4, -0.2) is 41.4 Å². The van der Waals surface area contributed by atoms with Gasteiger partial charge in [0.05, 0.1) is 13.0 Å². The van der Waals surface area contributed by atoms with Crippen molar-refractivity contribution in [3.63, 3.8) is 0 Å². The second-order valence-electron chi connectivity index (χ2n) is 5.52. The molecule has 1 rings (SSSR count). The van der Waals surface area contributed by atoms with Gasteiger partial charge in [-0.3, -0.25) is 14.4 Å². The standard InChI is InChI=1S/C13H22N2O4/c1-15(9-10(14)16)11(17)7-13(8-12(18)19)5-3-2-4-6-13/h2-9H2,1H3,(H2,14,16)(H,18,19). The topological polar surface area (TPSA) is 101 Å². The second-order valence-corrected chi connectivity index (χ2v) is 5.52. The molecule has 0 atom stereocenters. The Morgan fingerprint density at radius 2 is 1.74 bits per heavy atom. The fourth-order valence-corrected chi connectivity index (χ4v) is 2.82. The van der Waals surface area contributed by atoms with E-state index in [0.717, 1.165) is 32.1 Å². The highest BCUT2D eigenvalue weighted by atomic mass is 16.4. The zero-order chi connectivity index (χ0) is 14.5. The zero-order valence-corrected chi connectivity index (χ0v) is 11.4. The number of rotatable bonds is 6. The van der Waals surface area contributed by atoms with Gasteiger partial charge in [-0.2, -0.15) is 0 Å². The average molecular weight is 270 g/mol. The van der Waals surface area contributed by atoms with Crippen LogP contribution in [0.2, 0.25) is 0 Å². The molecule has 0 radical (unpaired) electrons. The lowest BCUT2D eigenvalue weighted by atomic mass is 9.69. The molecule has 2 amide bonds. The van der Waals surface area contributed by atoms with Gasteiger partial charge in [0.15, 0.2) is 0 Å². The molecule has 0 spiro atoms.